The maximum atomic E-state index is 9.45. The van der Waals surface area contributed by atoms with E-state index in [9.17, 15) is 5.11 Å². The van der Waals surface area contributed by atoms with Gasteiger partial charge in [0.25, 0.3) is 0 Å². The molecular formula is C15H16O3. The number of ether oxygens (including phenoxy) is 2. The van der Waals surface area contributed by atoms with Gasteiger partial charge < -0.3 is 14.6 Å². The number of methoxy groups -OCH3 is 1. The van der Waals surface area contributed by atoms with Gasteiger partial charge in [0.15, 0.2) is 11.5 Å². The molecule has 0 heterocycles. The Morgan fingerprint density at radius 2 is 1.78 bits per heavy atom. The normalized spacial score (nSPS) is 10.1. The molecule has 2 aromatic carbocycles. The van der Waals surface area contributed by atoms with Crippen molar-refractivity contribution >= 4 is 0 Å². The molecular weight excluding hydrogens is 228 g/mol. The SMILES string of the molecule is COc1ccccc1OCc1ccc(O)c(C)c1. The summed E-state index contributed by atoms with van der Waals surface area (Å²) in [5, 5.41) is 9.45. The molecule has 1 N–H and O–H groups in total. The number of rotatable bonds is 4. The Hall–Kier alpha value is -2.16. The summed E-state index contributed by atoms with van der Waals surface area (Å²) in [4.78, 5) is 0. The lowest BCUT2D eigenvalue weighted by atomic mass is 10.1. The van der Waals surface area contributed by atoms with E-state index in [-0.39, 0.29) is 0 Å². The minimum Gasteiger partial charge on any atom is -0.508 e. The lowest BCUT2D eigenvalue weighted by Crippen LogP contribution is -1.97. The Bertz CT molecular complexity index is 535. The van der Waals surface area contributed by atoms with Gasteiger partial charge in [-0.2, -0.15) is 0 Å². The monoisotopic (exact) mass is 244 g/mol. The average molecular weight is 244 g/mol. The van der Waals surface area contributed by atoms with Crippen molar-refractivity contribution in [3.8, 4) is 17.2 Å². The van der Waals surface area contributed by atoms with Crippen LogP contribution in [0.1, 0.15) is 11.1 Å². The van der Waals surface area contributed by atoms with Gasteiger partial charge in [0.05, 0.1) is 7.11 Å². The fourth-order valence-electron chi connectivity index (χ4n) is 1.71. The summed E-state index contributed by atoms with van der Waals surface area (Å²) in [5.74, 6) is 1.73. The summed E-state index contributed by atoms with van der Waals surface area (Å²) in [5.41, 5.74) is 1.85. The number of phenolic OH excluding ortho intramolecular Hbond substituents is 1. The summed E-state index contributed by atoms with van der Waals surface area (Å²) < 4.78 is 10.9. The smallest absolute Gasteiger partial charge is 0.161 e. The Kier molecular flexibility index (Phi) is 3.72. The Labute approximate surface area is 107 Å². The predicted molar refractivity (Wildman–Crippen MR) is 70.2 cm³/mol. The van der Waals surface area contributed by atoms with E-state index >= 15 is 0 Å². The van der Waals surface area contributed by atoms with E-state index in [0.717, 1.165) is 11.1 Å². The number of hydrogen-bond acceptors (Lipinski definition) is 3. The number of para-hydroxylation sites is 2. The average Bonchev–Trinajstić information content (AvgIpc) is 2.40. The molecule has 0 aliphatic rings. The molecule has 0 fully saturated rings. The molecule has 0 radical (unpaired) electrons. The molecule has 3 heteroatoms. The molecule has 0 unspecified atom stereocenters. The fourth-order valence-corrected chi connectivity index (χ4v) is 1.71. The first-order valence-electron chi connectivity index (χ1n) is 5.75. The standard InChI is InChI=1S/C15H16O3/c1-11-9-12(7-8-13(11)16)10-18-15-6-4-3-5-14(15)17-2/h3-9,16H,10H2,1-2H3. The van der Waals surface area contributed by atoms with Crippen LogP contribution in [0.5, 0.6) is 17.2 Å². The Morgan fingerprint density at radius 1 is 1.06 bits per heavy atom. The van der Waals surface area contributed by atoms with E-state index in [4.69, 9.17) is 9.47 Å². The number of benzene rings is 2. The third kappa shape index (κ3) is 2.74. The highest BCUT2D eigenvalue weighted by molar-refractivity contribution is 5.40. The zero-order chi connectivity index (χ0) is 13.0. The fraction of sp³-hybridized carbons (Fsp3) is 0.200. The molecule has 2 aromatic rings. The minimum atomic E-state index is 0.302. The Morgan fingerprint density at radius 3 is 2.44 bits per heavy atom. The van der Waals surface area contributed by atoms with Crippen LogP contribution in [-0.4, -0.2) is 12.2 Å². The largest absolute Gasteiger partial charge is 0.508 e. The molecule has 3 nitrogen and oxygen atoms in total. The molecule has 0 saturated carbocycles. The van der Waals surface area contributed by atoms with Crippen molar-refractivity contribution in [1.82, 2.24) is 0 Å². The minimum absolute atomic E-state index is 0.302. The van der Waals surface area contributed by atoms with E-state index in [2.05, 4.69) is 0 Å². The summed E-state index contributed by atoms with van der Waals surface area (Å²) in [6.45, 7) is 2.31. The first-order chi connectivity index (χ1) is 8.70. The van der Waals surface area contributed by atoms with E-state index in [1.807, 2.05) is 43.3 Å². The van der Waals surface area contributed by atoms with Crippen LogP contribution in [0.2, 0.25) is 0 Å². The molecule has 0 saturated heterocycles. The summed E-state index contributed by atoms with van der Waals surface area (Å²) in [6, 6.07) is 13.0. The van der Waals surface area contributed by atoms with Gasteiger partial charge in [-0.15, -0.1) is 0 Å². The second kappa shape index (κ2) is 5.45. The molecule has 18 heavy (non-hydrogen) atoms. The predicted octanol–water partition coefficient (Wildman–Crippen LogP) is 3.29. The second-order valence-electron chi connectivity index (χ2n) is 4.06. The topological polar surface area (TPSA) is 38.7 Å². The van der Waals surface area contributed by atoms with Crippen molar-refractivity contribution in [2.45, 2.75) is 13.5 Å². The molecule has 94 valence electrons. The lowest BCUT2D eigenvalue weighted by molar-refractivity contribution is 0.284. The third-order valence-corrected chi connectivity index (χ3v) is 2.72. The van der Waals surface area contributed by atoms with E-state index in [1.54, 1.807) is 13.2 Å². The molecule has 0 bridgehead atoms. The quantitative estimate of drug-likeness (QED) is 0.897. The van der Waals surface area contributed by atoms with Crippen LogP contribution >= 0.6 is 0 Å². The zero-order valence-electron chi connectivity index (χ0n) is 10.5. The number of hydrogen-bond donors (Lipinski definition) is 1. The number of aryl methyl sites for hydroxylation is 1. The summed E-state index contributed by atoms with van der Waals surface area (Å²) >= 11 is 0. The molecule has 0 atom stereocenters. The van der Waals surface area contributed by atoms with Gasteiger partial charge in [0, 0.05) is 0 Å². The van der Waals surface area contributed by atoms with Crippen LogP contribution in [-0.2, 0) is 6.61 Å². The highest BCUT2D eigenvalue weighted by atomic mass is 16.5. The number of aromatic hydroxyl groups is 1. The van der Waals surface area contributed by atoms with E-state index in [1.165, 1.54) is 0 Å². The van der Waals surface area contributed by atoms with E-state index in [0.29, 0.717) is 23.9 Å². The molecule has 0 spiro atoms. The van der Waals surface area contributed by atoms with Gasteiger partial charge in [-0.3, -0.25) is 0 Å². The van der Waals surface area contributed by atoms with Crippen molar-refractivity contribution in [3.05, 3.63) is 53.6 Å². The van der Waals surface area contributed by atoms with Crippen molar-refractivity contribution < 1.29 is 14.6 Å². The highest BCUT2D eigenvalue weighted by Gasteiger charge is 2.04. The van der Waals surface area contributed by atoms with Crippen LogP contribution in [0.25, 0.3) is 0 Å². The van der Waals surface area contributed by atoms with Gasteiger partial charge in [0.1, 0.15) is 12.4 Å². The summed E-state index contributed by atoms with van der Waals surface area (Å²) in [7, 11) is 1.62. The maximum absolute atomic E-state index is 9.45. The molecule has 0 aliphatic carbocycles. The van der Waals surface area contributed by atoms with Gasteiger partial charge in [0.2, 0.25) is 0 Å². The van der Waals surface area contributed by atoms with Crippen LogP contribution in [0, 0.1) is 6.92 Å². The number of phenols is 1. The molecule has 0 amide bonds. The summed E-state index contributed by atoms with van der Waals surface area (Å²) in [6.07, 6.45) is 0. The van der Waals surface area contributed by atoms with Gasteiger partial charge in [-0.05, 0) is 42.3 Å². The van der Waals surface area contributed by atoms with Crippen LogP contribution in [0.15, 0.2) is 42.5 Å². The third-order valence-electron chi connectivity index (χ3n) is 2.72. The maximum Gasteiger partial charge on any atom is 0.161 e. The first kappa shape index (κ1) is 12.3. The lowest BCUT2D eigenvalue weighted by Gasteiger charge is -2.10. The first-order valence-corrected chi connectivity index (χ1v) is 5.75. The molecule has 0 aromatic heterocycles. The van der Waals surface area contributed by atoms with Crippen molar-refractivity contribution in [2.24, 2.45) is 0 Å². The second-order valence-corrected chi connectivity index (χ2v) is 4.06. The van der Waals surface area contributed by atoms with Crippen molar-refractivity contribution in [2.75, 3.05) is 7.11 Å². The van der Waals surface area contributed by atoms with Gasteiger partial charge in [-0.1, -0.05) is 18.2 Å². The van der Waals surface area contributed by atoms with Crippen LogP contribution < -0.4 is 9.47 Å². The van der Waals surface area contributed by atoms with Crippen molar-refractivity contribution in [1.29, 1.82) is 0 Å². The molecule has 2 rings (SSSR count). The van der Waals surface area contributed by atoms with Crippen LogP contribution in [0.4, 0.5) is 0 Å². The van der Waals surface area contributed by atoms with Crippen molar-refractivity contribution in [3.63, 3.8) is 0 Å². The Balaban J connectivity index is 2.09. The molecule has 0 aliphatic heterocycles. The van der Waals surface area contributed by atoms with Gasteiger partial charge >= 0.3 is 0 Å². The zero-order valence-corrected chi connectivity index (χ0v) is 10.5. The highest BCUT2D eigenvalue weighted by Crippen LogP contribution is 2.27. The van der Waals surface area contributed by atoms with Crippen LogP contribution in [0.3, 0.4) is 0 Å². The van der Waals surface area contributed by atoms with E-state index < -0.39 is 0 Å². The van der Waals surface area contributed by atoms with Gasteiger partial charge in [-0.25, -0.2) is 0 Å².